The predicted octanol–water partition coefficient (Wildman–Crippen LogP) is 0.321. The van der Waals surface area contributed by atoms with Gasteiger partial charge in [0.05, 0.1) is 6.07 Å². The number of nitrogens with zero attached hydrogens (tertiary/aromatic N) is 1. The number of amides is 2. The Labute approximate surface area is 95.2 Å². The summed E-state index contributed by atoms with van der Waals surface area (Å²) in [5.41, 5.74) is 0. The molecule has 1 aliphatic rings. The standard InChI is InChI=1S/C11H17N3O2/c1-2-3-8(6-12)11(16)14-9-4-5-10(15)13-7-9/h8-9H,2-5,7H2,1H3,(H,13,15)(H,14,16). The zero-order chi connectivity index (χ0) is 12.0. The lowest BCUT2D eigenvalue weighted by Crippen LogP contribution is -2.49. The smallest absolute Gasteiger partial charge is 0.237 e. The number of hydrogen-bond acceptors (Lipinski definition) is 3. The molecule has 2 N–H and O–H groups in total. The summed E-state index contributed by atoms with van der Waals surface area (Å²) in [6.07, 6.45) is 2.49. The molecule has 0 aliphatic carbocycles. The molecule has 1 aliphatic heterocycles. The van der Waals surface area contributed by atoms with Gasteiger partial charge in [-0.3, -0.25) is 9.59 Å². The minimum absolute atomic E-state index is 0.0240. The van der Waals surface area contributed by atoms with Gasteiger partial charge in [0.1, 0.15) is 5.92 Å². The minimum Gasteiger partial charge on any atom is -0.354 e. The number of rotatable bonds is 4. The van der Waals surface area contributed by atoms with Gasteiger partial charge in [-0.1, -0.05) is 13.3 Å². The van der Waals surface area contributed by atoms with E-state index in [-0.39, 0.29) is 17.9 Å². The van der Waals surface area contributed by atoms with Gasteiger partial charge in [-0.05, 0) is 12.8 Å². The Balaban J connectivity index is 2.38. The third-order valence-corrected chi connectivity index (χ3v) is 2.66. The summed E-state index contributed by atoms with van der Waals surface area (Å²) in [6, 6.07) is 1.97. The molecule has 0 radical (unpaired) electrons. The molecule has 1 saturated heterocycles. The molecular weight excluding hydrogens is 206 g/mol. The lowest BCUT2D eigenvalue weighted by molar-refractivity contribution is -0.127. The van der Waals surface area contributed by atoms with Crippen LogP contribution in [0.5, 0.6) is 0 Å². The van der Waals surface area contributed by atoms with Crippen molar-refractivity contribution in [3.8, 4) is 6.07 Å². The third-order valence-electron chi connectivity index (χ3n) is 2.66. The molecule has 0 saturated carbocycles. The molecule has 5 nitrogen and oxygen atoms in total. The molecule has 0 aromatic rings. The molecule has 2 unspecified atom stereocenters. The topological polar surface area (TPSA) is 82.0 Å². The number of nitrogens with one attached hydrogen (secondary N) is 2. The SMILES string of the molecule is CCCC(C#N)C(=O)NC1CCC(=O)NC1. The van der Waals surface area contributed by atoms with Crippen LogP contribution in [-0.4, -0.2) is 24.4 Å². The molecule has 0 spiro atoms. The van der Waals surface area contributed by atoms with Crippen LogP contribution in [0.25, 0.3) is 0 Å². The van der Waals surface area contributed by atoms with E-state index in [2.05, 4.69) is 10.6 Å². The van der Waals surface area contributed by atoms with Gasteiger partial charge in [0, 0.05) is 19.0 Å². The third kappa shape index (κ3) is 3.54. The van der Waals surface area contributed by atoms with Crippen LogP contribution in [0.3, 0.4) is 0 Å². The average Bonchev–Trinajstić information content (AvgIpc) is 2.29. The maximum absolute atomic E-state index is 11.7. The maximum Gasteiger partial charge on any atom is 0.237 e. The van der Waals surface area contributed by atoms with Crippen LogP contribution in [0.15, 0.2) is 0 Å². The highest BCUT2D eigenvalue weighted by Gasteiger charge is 2.23. The zero-order valence-electron chi connectivity index (χ0n) is 9.45. The van der Waals surface area contributed by atoms with Crippen molar-refractivity contribution < 1.29 is 9.59 Å². The highest BCUT2D eigenvalue weighted by Crippen LogP contribution is 2.08. The first kappa shape index (κ1) is 12.5. The summed E-state index contributed by atoms with van der Waals surface area (Å²) in [6.45, 7) is 2.41. The largest absolute Gasteiger partial charge is 0.354 e. The van der Waals surface area contributed by atoms with Crippen molar-refractivity contribution in [3.05, 3.63) is 0 Å². The number of carbonyl (C=O) groups is 2. The van der Waals surface area contributed by atoms with Crippen LogP contribution < -0.4 is 10.6 Å². The van der Waals surface area contributed by atoms with E-state index in [1.165, 1.54) is 0 Å². The number of carbonyl (C=O) groups excluding carboxylic acids is 2. The number of piperidine rings is 1. The Morgan fingerprint density at radius 1 is 1.75 bits per heavy atom. The van der Waals surface area contributed by atoms with E-state index in [1.54, 1.807) is 0 Å². The molecule has 0 bridgehead atoms. The van der Waals surface area contributed by atoms with Gasteiger partial charge in [0.15, 0.2) is 0 Å². The Kier molecular flexibility index (Phi) is 4.77. The zero-order valence-corrected chi connectivity index (χ0v) is 9.45. The maximum atomic E-state index is 11.7. The lowest BCUT2D eigenvalue weighted by atomic mass is 10.0. The van der Waals surface area contributed by atoms with Crippen LogP contribution in [0.2, 0.25) is 0 Å². The van der Waals surface area contributed by atoms with Gasteiger partial charge in [-0.15, -0.1) is 0 Å². The van der Waals surface area contributed by atoms with Crippen molar-refractivity contribution in [1.82, 2.24) is 10.6 Å². The van der Waals surface area contributed by atoms with Gasteiger partial charge in [0.2, 0.25) is 11.8 Å². The van der Waals surface area contributed by atoms with E-state index in [4.69, 9.17) is 5.26 Å². The van der Waals surface area contributed by atoms with Crippen LogP contribution in [0, 0.1) is 17.2 Å². The van der Waals surface area contributed by atoms with Crippen molar-refractivity contribution in [3.63, 3.8) is 0 Å². The fraction of sp³-hybridized carbons (Fsp3) is 0.727. The molecule has 2 amide bonds. The first-order valence-electron chi connectivity index (χ1n) is 5.64. The summed E-state index contributed by atoms with van der Waals surface area (Å²) in [7, 11) is 0. The first-order chi connectivity index (χ1) is 7.67. The monoisotopic (exact) mass is 223 g/mol. The molecule has 0 aromatic heterocycles. The number of nitriles is 1. The van der Waals surface area contributed by atoms with Crippen LogP contribution >= 0.6 is 0 Å². The molecule has 1 fully saturated rings. The molecule has 88 valence electrons. The van der Waals surface area contributed by atoms with E-state index < -0.39 is 5.92 Å². The Bertz CT molecular complexity index is 299. The molecule has 2 atom stereocenters. The highest BCUT2D eigenvalue weighted by atomic mass is 16.2. The summed E-state index contributed by atoms with van der Waals surface area (Å²) >= 11 is 0. The average molecular weight is 223 g/mol. The number of hydrogen-bond donors (Lipinski definition) is 2. The Morgan fingerprint density at radius 3 is 3.00 bits per heavy atom. The highest BCUT2D eigenvalue weighted by molar-refractivity contribution is 5.82. The molecular formula is C11H17N3O2. The quantitative estimate of drug-likeness (QED) is 0.720. The first-order valence-corrected chi connectivity index (χ1v) is 5.64. The second kappa shape index (κ2) is 6.11. The Hall–Kier alpha value is -1.57. The lowest BCUT2D eigenvalue weighted by Gasteiger charge is -2.24. The van der Waals surface area contributed by atoms with Crippen LogP contribution in [-0.2, 0) is 9.59 Å². The summed E-state index contributed by atoms with van der Waals surface area (Å²) in [5, 5.41) is 14.3. The summed E-state index contributed by atoms with van der Waals surface area (Å²) in [5.74, 6) is -0.760. The molecule has 1 rings (SSSR count). The summed E-state index contributed by atoms with van der Waals surface area (Å²) < 4.78 is 0. The van der Waals surface area contributed by atoms with Gasteiger partial charge in [0.25, 0.3) is 0 Å². The van der Waals surface area contributed by atoms with Crippen molar-refractivity contribution >= 4 is 11.8 Å². The van der Waals surface area contributed by atoms with E-state index in [1.807, 2.05) is 13.0 Å². The van der Waals surface area contributed by atoms with Crippen molar-refractivity contribution in [1.29, 1.82) is 5.26 Å². The second-order valence-corrected chi connectivity index (χ2v) is 4.02. The normalized spacial score (nSPS) is 21.8. The van der Waals surface area contributed by atoms with Crippen molar-refractivity contribution in [2.75, 3.05) is 6.54 Å². The van der Waals surface area contributed by atoms with Crippen LogP contribution in [0.1, 0.15) is 32.6 Å². The molecule has 0 aromatic carbocycles. The fourth-order valence-corrected chi connectivity index (χ4v) is 1.70. The van der Waals surface area contributed by atoms with E-state index >= 15 is 0 Å². The van der Waals surface area contributed by atoms with E-state index in [0.717, 1.165) is 6.42 Å². The predicted molar refractivity (Wildman–Crippen MR) is 58.2 cm³/mol. The van der Waals surface area contributed by atoms with Crippen LogP contribution in [0.4, 0.5) is 0 Å². The van der Waals surface area contributed by atoms with Crippen molar-refractivity contribution in [2.24, 2.45) is 5.92 Å². The minimum atomic E-state index is -0.567. The van der Waals surface area contributed by atoms with Gasteiger partial charge < -0.3 is 10.6 Å². The molecule has 5 heteroatoms. The summed E-state index contributed by atoms with van der Waals surface area (Å²) in [4.78, 5) is 22.6. The molecule has 16 heavy (non-hydrogen) atoms. The fourth-order valence-electron chi connectivity index (χ4n) is 1.70. The van der Waals surface area contributed by atoms with Gasteiger partial charge >= 0.3 is 0 Å². The second-order valence-electron chi connectivity index (χ2n) is 4.02. The van der Waals surface area contributed by atoms with E-state index in [0.29, 0.717) is 25.8 Å². The van der Waals surface area contributed by atoms with Gasteiger partial charge in [-0.2, -0.15) is 5.26 Å². The Morgan fingerprint density at radius 2 is 2.50 bits per heavy atom. The molecule has 1 heterocycles. The van der Waals surface area contributed by atoms with E-state index in [9.17, 15) is 9.59 Å². The van der Waals surface area contributed by atoms with Gasteiger partial charge in [-0.25, -0.2) is 0 Å². The van der Waals surface area contributed by atoms with Crippen molar-refractivity contribution in [2.45, 2.75) is 38.6 Å².